The number of carbonyl (C=O) groups is 1. The zero-order valence-corrected chi connectivity index (χ0v) is 12.8. The van der Waals surface area contributed by atoms with Crippen molar-refractivity contribution in [3.8, 4) is 0 Å². The van der Waals surface area contributed by atoms with Gasteiger partial charge in [0.15, 0.2) is 0 Å². The molecule has 0 aliphatic heterocycles. The third-order valence-corrected chi connectivity index (χ3v) is 3.75. The maximum atomic E-state index is 11.6. The highest BCUT2D eigenvalue weighted by Crippen LogP contribution is 2.20. The van der Waals surface area contributed by atoms with E-state index in [0.29, 0.717) is 22.9 Å². The van der Waals surface area contributed by atoms with Gasteiger partial charge < -0.3 is 0 Å². The van der Waals surface area contributed by atoms with E-state index in [-0.39, 0.29) is 5.91 Å². The fraction of sp³-hybridized carbons (Fsp3) is 0.133. The Morgan fingerprint density at radius 1 is 1.29 bits per heavy atom. The number of amides is 1. The highest BCUT2D eigenvalue weighted by atomic mass is 35.5. The molecule has 1 aromatic heterocycles. The lowest BCUT2D eigenvalue weighted by Crippen LogP contribution is -2.17. The zero-order valence-electron chi connectivity index (χ0n) is 11.2. The molecule has 21 heavy (non-hydrogen) atoms. The first-order valence-electron chi connectivity index (χ1n) is 6.35. The van der Waals surface area contributed by atoms with Gasteiger partial charge in [-0.2, -0.15) is 5.10 Å². The molecule has 2 aromatic rings. The van der Waals surface area contributed by atoms with Crippen LogP contribution in [0, 0.1) is 0 Å². The summed E-state index contributed by atoms with van der Waals surface area (Å²) >= 11 is 7.41. The van der Waals surface area contributed by atoms with Crippen molar-refractivity contribution in [2.75, 3.05) is 5.75 Å². The summed E-state index contributed by atoms with van der Waals surface area (Å²) in [5.41, 5.74) is 3.18. The van der Waals surface area contributed by atoms with Gasteiger partial charge in [-0.25, -0.2) is 5.43 Å². The number of pyridine rings is 1. The average Bonchev–Trinajstić information content (AvgIpc) is 2.50. The zero-order chi connectivity index (χ0) is 14.9. The second-order valence-corrected chi connectivity index (χ2v) is 5.70. The maximum absolute atomic E-state index is 11.6. The molecule has 0 unspecified atom stereocenters. The smallest absolute Gasteiger partial charge is 0.240 e. The molecule has 0 radical (unpaired) electrons. The number of carbonyl (C=O) groups excluding carboxylic acids is 1. The van der Waals surface area contributed by atoms with Crippen molar-refractivity contribution in [2.45, 2.75) is 11.3 Å². The van der Waals surface area contributed by atoms with E-state index in [4.69, 9.17) is 11.6 Å². The lowest BCUT2D eigenvalue weighted by Gasteiger charge is -2.01. The van der Waals surface area contributed by atoms with Crippen LogP contribution in [-0.2, 0) is 4.79 Å². The summed E-state index contributed by atoms with van der Waals surface area (Å²) in [6.07, 6.45) is 3.59. The van der Waals surface area contributed by atoms with E-state index in [2.05, 4.69) is 15.5 Å². The number of benzene rings is 1. The predicted octanol–water partition coefficient (Wildman–Crippen LogP) is 3.37. The van der Waals surface area contributed by atoms with Crippen LogP contribution in [0.4, 0.5) is 0 Å². The predicted molar refractivity (Wildman–Crippen MR) is 86.8 cm³/mol. The Morgan fingerprint density at radius 3 is 2.81 bits per heavy atom. The van der Waals surface area contributed by atoms with Crippen molar-refractivity contribution < 1.29 is 4.79 Å². The van der Waals surface area contributed by atoms with Crippen molar-refractivity contribution in [3.63, 3.8) is 0 Å². The monoisotopic (exact) mass is 319 g/mol. The molecule has 1 aromatic carbocycles. The number of thioether (sulfide) groups is 1. The summed E-state index contributed by atoms with van der Waals surface area (Å²) < 4.78 is 0. The van der Waals surface area contributed by atoms with Crippen molar-refractivity contribution in [2.24, 2.45) is 5.10 Å². The van der Waals surface area contributed by atoms with Crippen LogP contribution in [0.5, 0.6) is 0 Å². The number of hydrogen-bond donors (Lipinski definition) is 1. The van der Waals surface area contributed by atoms with Crippen LogP contribution in [-0.4, -0.2) is 22.9 Å². The molecule has 1 N–H and O–H groups in total. The Balaban J connectivity index is 1.68. The molecular formula is C15H14ClN3OS. The number of rotatable bonds is 6. The number of hydrogen-bond acceptors (Lipinski definition) is 4. The van der Waals surface area contributed by atoms with Gasteiger partial charge in [-0.05, 0) is 36.4 Å². The fourth-order valence-electron chi connectivity index (χ4n) is 1.47. The van der Waals surface area contributed by atoms with Crippen molar-refractivity contribution in [1.82, 2.24) is 10.4 Å². The summed E-state index contributed by atoms with van der Waals surface area (Å²) in [5, 5.41) is 4.57. The molecule has 0 bridgehead atoms. The van der Waals surface area contributed by atoms with E-state index in [1.165, 1.54) is 6.21 Å². The standard InChI is InChI=1S/C15H14ClN3OS/c16-12-4-6-14(7-5-12)21-10-8-15(20)19-18-11-13-3-1-2-9-17-13/h1-7,9,11H,8,10H2,(H,19,20). The van der Waals surface area contributed by atoms with Gasteiger partial charge in [-0.15, -0.1) is 11.8 Å². The Labute approximate surface area is 132 Å². The molecule has 1 amide bonds. The highest BCUT2D eigenvalue weighted by molar-refractivity contribution is 7.99. The summed E-state index contributed by atoms with van der Waals surface area (Å²) in [7, 11) is 0. The Bertz CT molecular complexity index is 602. The summed E-state index contributed by atoms with van der Waals surface area (Å²) in [6, 6.07) is 13.0. The van der Waals surface area contributed by atoms with Gasteiger partial charge >= 0.3 is 0 Å². The van der Waals surface area contributed by atoms with Gasteiger partial charge in [0.25, 0.3) is 0 Å². The third kappa shape index (κ3) is 5.97. The van der Waals surface area contributed by atoms with Gasteiger partial charge in [-0.3, -0.25) is 9.78 Å². The lowest BCUT2D eigenvalue weighted by molar-refractivity contribution is -0.120. The van der Waals surface area contributed by atoms with E-state index in [1.807, 2.05) is 42.5 Å². The molecule has 0 fully saturated rings. The molecule has 108 valence electrons. The fourth-order valence-corrected chi connectivity index (χ4v) is 2.45. The minimum atomic E-state index is -0.122. The molecular weight excluding hydrogens is 306 g/mol. The molecule has 0 aliphatic carbocycles. The summed E-state index contributed by atoms with van der Waals surface area (Å²) in [6.45, 7) is 0. The highest BCUT2D eigenvalue weighted by Gasteiger charge is 2.00. The molecule has 0 aliphatic rings. The molecule has 4 nitrogen and oxygen atoms in total. The van der Waals surface area contributed by atoms with Crippen molar-refractivity contribution in [1.29, 1.82) is 0 Å². The van der Waals surface area contributed by atoms with E-state index in [0.717, 1.165) is 4.90 Å². The number of nitrogens with one attached hydrogen (secondary N) is 1. The Kier molecular flexibility index (Phi) is 6.24. The number of hydrazone groups is 1. The normalized spacial score (nSPS) is 10.7. The van der Waals surface area contributed by atoms with E-state index in [9.17, 15) is 4.79 Å². The van der Waals surface area contributed by atoms with Crippen molar-refractivity contribution in [3.05, 3.63) is 59.4 Å². The topological polar surface area (TPSA) is 54.4 Å². The molecule has 0 saturated heterocycles. The van der Waals surface area contributed by atoms with Gasteiger partial charge in [-0.1, -0.05) is 17.7 Å². The molecule has 0 spiro atoms. The molecule has 0 saturated carbocycles. The number of halogens is 1. The number of aromatic nitrogens is 1. The molecule has 6 heteroatoms. The second-order valence-electron chi connectivity index (χ2n) is 4.10. The van der Waals surface area contributed by atoms with Gasteiger partial charge in [0.2, 0.25) is 5.91 Å². The molecule has 0 atom stereocenters. The van der Waals surface area contributed by atoms with Crippen LogP contribution in [0.1, 0.15) is 12.1 Å². The average molecular weight is 320 g/mol. The summed E-state index contributed by atoms with van der Waals surface area (Å²) in [4.78, 5) is 16.8. The quantitative estimate of drug-likeness (QED) is 0.504. The first-order valence-corrected chi connectivity index (χ1v) is 7.72. The maximum Gasteiger partial charge on any atom is 0.240 e. The number of nitrogens with zero attached hydrogens (tertiary/aromatic N) is 2. The minimum Gasteiger partial charge on any atom is -0.273 e. The van der Waals surface area contributed by atoms with Crippen molar-refractivity contribution >= 4 is 35.5 Å². The SMILES string of the molecule is O=C(CCSc1ccc(Cl)cc1)NN=Cc1ccccn1. The third-order valence-electron chi connectivity index (χ3n) is 2.49. The second kappa shape index (κ2) is 8.44. The van der Waals surface area contributed by atoms with Crippen LogP contribution in [0.3, 0.4) is 0 Å². The minimum absolute atomic E-state index is 0.122. The molecule has 1 heterocycles. The van der Waals surface area contributed by atoms with Crippen LogP contribution in [0.25, 0.3) is 0 Å². The molecule has 2 rings (SSSR count). The lowest BCUT2D eigenvalue weighted by atomic mass is 10.4. The Hall–Kier alpha value is -1.85. The van der Waals surface area contributed by atoms with Crippen LogP contribution >= 0.6 is 23.4 Å². The van der Waals surface area contributed by atoms with Gasteiger partial charge in [0, 0.05) is 28.3 Å². The van der Waals surface area contributed by atoms with E-state index in [1.54, 1.807) is 18.0 Å². The Morgan fingerprint density at radius 2 is 2.10 bits per heavy atom. The summed E-state index contributed by atoms with van der Waals surface area (Å²) in [5.74, 6) is 0.565. The first-order chi connectivity index (χ1) is 10.2. The van der Waals surface area contributed by atoms with Crippen LogP contribution < -0.4 is 5.43 Å². The largest absolute Gasteiger partial charge is 0.273 e. The first kappa shape index (κ1) is 15.5. The van der Waals surface area contributed by atoms with Crippen LogP contribution in [0.15, 0.2) is 58.7 Å². The van der Waals surface area contributed by atoms with Crippen LogP contribution in [0.2, 0.25) is 5.02 Å². The van der Waals surface area contributed by atoms with Gasteiger partial charge in [0.05, 0.1) is 11.9 Å². The van der Waals surface area contributed by atoms with E-state index >= 15 is 0 Å². The van der Waals surface area contributed by atoms with E-state index < -0.39 is 0 Å². The van der Waals surface area contributed by atoms with Gasteiger partial charge in [0.1, 0.15) is 0 Å².